The van der Waals surface area contributed by atoms with Crippen LogP contribution >= 0.6 is 24.0 Å². The summed E-state index contributed by atoms with van der Waals surface area (Å²) in [6.45, 7) is 7.81. The summed E-state index contributed by atoms with van der Waals surface area (Å²) in [5.74, 6) is 0.0860. The molecule has 3 aromatic carbocycles. The van der Waals surface area contributed by atoms with Crippen molar-refractivity contribution in [3.63, 3.8) is 0 Å². The van der Waals surface area contributed by atoms with E-state index in [4.69, 9.17) is 17.0 Å². The van der Waals surface area contributed by atoms with E-state index in [0.29, 0.717) is 20.5 Å². The van der Waals surface area contributed by atoms with Crippen LogP contribution < -0.4 is 15.0 Å². The maximum Gasteiger partial charge on any atom is 0.270 e. The number of amides is 2. The van der Waals surface area contributed by atoms with Gasteiger partial charge in [0, 0.05) is 11.3 Å². The summed E-state index contributed by atoms with van der Waals surface area (Å²) in [7, 11) is 0. The van der Waals surface area contributed by atoms with Crippen molar-refractivity contribution in [1.82, 2.24) is 0 Å². The quantitative estimate of drug-likeness (QED) is 0.315. The highest BCUT2D eigenvalue weighted by Crippen LogP contribution is 2.37. The molecule has 35 heavy (non-hydrogen) atoms. The third-order valence-corrected chi connectivity index (χ3v) is 6.89. The van der Waals surface area contributed by atoms with E-state index in [0.717, 1.165) is 33.6 Å². The average molecular weight is 503 g/mol. The molecule has 3 aromatic rings. The molecule has 0 saturated carbocycles. The van der Waals surface area contributed by atoms with Crippen molar-refractivity contribution in [2.24, 2.45) is 0 Å². The van der Waals surface area contributed by atoms with Crippen molar-refractivity contribution in [1.29, 1.82) is 0 Å². The molecule has 2 amide bonds. The van der Waals surface area contributed by atoms with Gasteiger partial charge in [-0.3, -0.25) is 14.5 Å². The second kappa shape index (κ2) is 10.5. The lowest BCUT2D eigenvalue weighted by Gasteiger charge is -2.15. The molecule has 0 bridgehead atoms. The van der Waals surface area contributed by atoms with Crippen LogP contribution in [0.3, 0.4) is 0 Å². The molecular weight excluding hydrogens is 476 g/mol. The Balaban J connectivity index is 1.49. The number of nitrogens with one attached hydrogen (secondary N) is 1. The van der Waals surface area contributed by atoms with Crippen LogP contribution in [0.5, 0.6) is 5.75 Å². The van der Waals surface area contributed by atoms with Crippen LogP contribution in [-0.4, -0.2) is 22.7 Å². The van der Waals surface area contributed by atoms with Gasteiger partial charge >= 0.3 is 0 Å². The molecule has 7 heteroatoms. The molecule has 1 N–H and O–H groups in total. The molecule has 1 aliphatic rings. The number of hydrogen-bond donors (Lipinski definition) is 1. The zero-order chi connectivity index (χ0) is 25.1. The van der Waals surface area contributed by atoms with Crippen molar-refractivity contribution in [2.45, 2.75) is 27.7 Å². The summed E-state index contributed by atoms with van der Waals surface area (Å²) in [6, 6.07) is 19.1. The Hall–Kier alpha value is -3.42. The SMILES string of the molecule is Cc1ccc(N2C(=O)/C(=C/c3ccccc3OCC(=O)Nc3c(C)cc(C)cc3C)SC2=S)cc1. The highest BCUT2D eigenvalue weighted by Gasteiger charge is 2.33. The number of ether oxygens (including phenoxy) is 1. The number of aryl methyl sites for hydroxylation is 4. The summed E-state index contributed by atoms with van der Waals surface area (Å²) in [5.41, 5.74) is 6.52. The van der Waals surface area contributed by atoms with E-state index in [9.17, 15) is 9.59 Å². The zero-order valence-electron chi connectivity index (χ0n) is 20.0. The molecule has 0 aromatic heterocycles. The van der Waals surface area contributed by atoms with E-state index in [2.05, 4.69) is 5.32 Å². The molecule has 0 aliphatic carbocycles. The van der Waals surface area contributed by atoms with Crippen LogP contribution in [0.1, 0.15) is 27.8 Å². The molecular formula is C28H26N2O3S2. The minimum Gasteiger partial charge on any atom is -0.483 e. The number of carbonyl (C=O) groups is 2. The predicted molar refractivity (Wildman–Crippen MR) is 148 cm³/mol. The van der Waals surface area contributed by atoms with E-state index in [-0.39, 0.29) is 18.4 Å². The molecule has 4 rings (SSSR count). The smallest absolute Gasteiger partial charge is 0.270 e. The molecule has 0 radical (unpaired) electrons. The van der Waals surface area contributed by atoms with E-state index in [1.165, 1.54) is 16.7 Å². The summed E-state index contributed by atoms with van der Waals surface area (Å²) < 4.78 is 6.33. The fourth-order valence-electron chi connectivity index (χ4n) is 3.95. The van der Waals surface area contributed by atoms with Gasteiger partial charge in [-0.25, -0.2) is 0 Å². The average Bonchev–Trinajstić information content (AvgIpc) is 3.09. The lowest BCUT2D eigenvalue weighted by Crippen LogP contribution is -2.27. The highest BCUT2D eigenvalue weighted by atomic mass is 32.2. The molecule has 0 atom stereocenters. The predicted octanol–water partition coefficient (Wildman–Crippen LogP) is 6.34. The van der Waals surface area contributed by atoms with Crippen LogP contribution in [0, 0.1) is 27.7 Å². The van der Waals surface area contributed by atoms with Gasteiger partial charge in [-0.1, -0.05) is 77.6 Å². The van der Waals surface area contributed by atoms with Gasteiger partial charge in [0.1, 0.15) is 5.75 Å². The van der Waals surface area contributed by atoms with Crippen molar-refractivity contribution in [2.75, 3.05) is 16.8 Å². The molecule has 178 valence electrons. The highest BCUT2D eigenvalue weighted by molar-refractivity contribution is 8.27. The Morgan fingerprint density at radius 3 is 2.34 bits per heavy atom. The summed E-state index contributed by atoms with van der Waals surface area (Å²) in [5, 5.41) is 2.95. The number of nitrogens with zero attached hydrogens (tertiary/aromatic N) is 1. The topological polar surface area (TPSA) is 58.6 Å². The van der Waals surface area contributed by atoms with Crippen molar-refractivity contribution in [3.8, 4) is 5.75 Å². The number of hydrogen-bond acceptors (Lipinski definition) is 5. The number of thiocarbonyl (C=S) groups is 1. The second-order valence-electron chi connectivity index (χ2n) is 8.50. The minimum atomic E-state index is -0.249. The van der Waals surface area contributed by atoms with Gasteiger partial charge in [0.15, 0.2) is 10.9 Å². The fourth-order valence-corrected chi connectivity index (χ4v) is 5.24. The van der Waals surface area contributed by atoms with Gasteiger partial charge in [-0.2, -0.15) is 0 Å². The lowest BCUT2D eigenvalue weighted by molar-refractivity contribution is -0.118. The number of thioether (sulfide) groups is 1. The van der Waals surface area contributed by atoms with Crippen LogP contribution in [0.2, 0.25) is 0 Å². The first-order valence-corrected chi connectivity index (χ1v) is 12.4. The maximum atomic E-state index is 13.1. The van der Waals surface area contributed by atoms with E-state index >= 15 is 0 Å². The monoisotopic (exact) mass is 502 g/mol. The van der Waals surface area contributed by atoms with Crippen molar-refractivity contribution < 1.29 is 14.3 Å². The first kappa shape index (κ1) is 24.7. The van der Waals surface area contributed by atoms with Crippen LogP contribution in [-0.2, 0) is 9.59 Å². The Bertz CT molecular complexity index is 1320. The Labute approximate surface area is 215 Å². The molecule has 1 heterocycles. The van der Waals surface area contributed by atoms with E-state index in [1.54, 1.807) is 12.1 Å². The Kier molecular flexibility index (Phi) is 7.38. The van der Waals surface area contributed by atoms with Gasteiger partial charge in [-0.05, 0) is 63.1 Å². The maximum absolute atomic E-state index is 13.1. The van der Waals surface area contributed by atoms with Gasteiger partial charge in [0.05, 0.1) is 10.6 Å². The number of anilines is 2. The Morgan fingerprint density at radius 1 is 1.00 bits per heavy atom. The van der Waals surface area contributed by atoms with Crippen LogP contribution in [0.25, 0.3) is 6.08 Å². The van der Waals surface area contributed by atoms with Crippen LogP contribution in [0.4, 0.5) is 11.4 Å². The van der Waals surface area contributed by atoms with Crippen molar-refractivity contribution in [3.05, 3.63) is 93.4 Å². The molecule has 1 fully saturated rings. The largest absolute Gasteiger partial charge is 0.483 e. The molecule has 0 unspecified atom stereocenters. The number of rotatable bonds is 6. The van der Waals surface area contributed by atoms with E-state index < -0.39 is 0 Å². The van der Waals surface area contributed by atoms with Gasteiger partial charge in [-0.15, -0.1) is 0 Å². The first-order chi connectivity index (χ1) is 16.7. The molecule has 0 spiro atoms. The van der Waals surface area contributed by atoms with E-state index in [1.807, 2.05) is 82.3 Å². The number of para-hydroxylation sites is 1. The Morgan fingerprint density at radius 2 is 1.66 bits per heavy atom. The number of benzene rings is 3. The summed E-state index contributed by atoms with van der Waals surface area (Å²) in [6.07, 6.45) is 1.76. The normalized spacial score (nSPS) is 14.5. The summed E-state index contributed by atoms with van der Waals surface area (Å²) >= 11 is 6.73. The van der Waals surface area contributed by atoms with Gasteiger partial charge < -0.3 is 10.1 Å². The molecule has 1 saturated heterocycles. The third kappa shape index (κ3) is 5.63. The molecule has 5 nitrogen and oxygen atoms in total. The molecule has 1 aliphatic heterocycles. The van der Waals surface area contributed by atoms with Crippen molar-refractivity contribution >= 4 is 57.6 Å². The minimum absolute atomic E-state index is 0.151. The first-order valence-electron chi connectivity index (χ1n) is 11.2. The zero-order valence-corrected chi connectivity index (χ0v) is 21.7. The fraction of sp³-hybridized carbons (Fsp3) is 0.179. The standard InChI is InChI=1S/C28H26N2O3S2/c1-17-9-11-22(12-10-17)30-27(32)24(35-28(30)34)15-21-7-5-6-8-23(21)33-16-25(31)29-26-19(3)13-18(2)14-20(26)4/h5-15H,16H2,1-4H3,(H,29,31)/b24-15-. The third-order valence-electron chi connectivity index (χ3n) is 5.59. The summed E-state index contributed by atoms with van der Waals surface area (Å²) in [4.78, 5) is 27.8. The lowest BCUT2D eigenvalue weighted by atomic mass is 10.1. The second-order valence-corrected chi connectivity index (χ2v) is 10.2. The van der Waals surface area contributed by atoms with Gasteiger partial charge in [0.2, 0.25) is 0 Å². The van der Waals surface area contributed by atoms with Gasteiger partial charge in [0.25, 0.3) is 11.8 Å². The van der Waals surface area contributed by atoms with Crippen LogP contribution in [0.15, 0.2) is 65.6 Å². The number of carbonyl (C=O) groups excluding carboxylic acids is 2.